The van der Waals surface area contributed by atoms with Crippen LogP contribution in [0.1, 0.15) is 58.4 Å². The van der Waals surface area contributed by atoms with Gasteiger partial charge in [-0.25, -0.2) is 5.48 Å². The minimum atomic E-state index is -0.787. The van der Waals surface area contributed by atoms with Gasteiger partial charge in [-0.3, -0.25) is 14.4 Å². The molecule has 146 valence electrons. The first-order valence-corrected chi connectivity index (χ1v) is 8.89. The molecule has 1 saturated heterocycles. The Kier molecular flexibility index (Phi) is 6.08. The molecule has 0 bridgehead atoms. The van der Waals surface area contributed by atoms with Crippen molar-refractivity contribution in [3.8, 4) is 0 Å². The van der Waals surface area contributed by atoms with Gasteiger partial charge in [-0.2, -0.15) is 0 Å². The van der Waals surface area contributed by atoms with Crippen molar-refractivity contribution < 1.29 is 24.1 Å². The molecular weight excluding hydrogens is 338 g/mol. The van der Waals surface area contributed by atoms with Crippen LogP contribution in [0.3, 0.4) is 0 Å². The zero-order chi connectivity index (χ0) is 19.6. The van der Waals surface area contributed by atoms with Crippen molar-refractivity contribution in [2.24, 2.45) is 5.92 Å². The van der Waals surface area contributed by atoms with E-state index in [1.165, 1.54) is 4.90 Å². The van der Waals surface area contributed by atoms with E-state index in [0.29, 0.717) is 11.5 Å². The predicted molar refractivity (Wildman–Crippen MR) is 93.9 cm³/mol. The van der Waals surface area contributed by atoms with Gasteiger partial charge < -0.3 is 14.5 Å². The van der Waals surface area contributed by atoms with Crippen molar-refractivity contribution in [3.05, 3.63) is 17.5 Å². The van der Waals surface area contributed by atoms with E-state index in [0.717, 1.165) is 0 Å². The SMILES string of the molecule is Cc1cc(C(C(=O)N2C[C@H](O)C[C@H]2C(=O)NOC(C)(C)C)C(C)C)on1. The molecule has 2 amide bonds. The second kappa shape index (κ2) is 7.75. The van der Waals surface area contributed by atoms with Crippen LogP contribution in [0.25, 0.3) is 0 Å². The molecule has 8 nitrogen and oxygen atoms in total. The van der Waals surface area contributed by atoms with E-state index in [4.69, 9.17) is 9.36 Å². The summed E-state index contributed by atoms with van der Waals surface area (Å²) >= 11 is 0. The number of aliphatic hydroxyl groups excluding tert-OH is 1. The van der Waals surface area contributed by atoms with Crippen LogP contribution < -0.4 is 5.48 Å². The zero-order valence-electron chi connectivity index (χ0n) is 16.3. The van der Waals surface area contributed by atoms with E-state index < -0.39 is 29.6 Å². The van der Waals surface area contributed by atoms with E-state index in [1.54, 1.807) is 33.8 Å². The van der Waals surface area contributed by atoms with Crippen LogP contribution in [0.15, 0.2) is 10.6 Å². The third-order valence-corrected chi connectivity index (χ3v) is 4.21. The first kappa shape index (κ1) is 20.4. The van der Waals surface area contributed by atoms with Crippen LogP contribution in [-0.2, 0) is 14.4 Å². The number of hydrogen-bond acceptors (Lipinski definition) is 6. The van der Waals surface area contributed by atoms with Crippen molar-refractivity contribution in [1.82, 2.24) is 15.5 Å². The molecule has 1 unspecified atom stereocenters. The summed E-state index contributed by atoms with van der Waals surface area (Å²) in [5.74, 6) is -0.860. The zero-order valence-corrected chi connectivity index (χ0v) is 16.3. The molecule has 1 fully saturated rings. The number of carbonyl (C=O) groups excluding carboxylic acids is 2. The number of rotatable bonds is 5. The maximum atomic E-state index is 13.2. The summed E-state index contributed by atoms with van der Waals surface area (Å²) in [4.78, 5) is 32.4. The number of aryl methyl sites for hydroxylation is 1. The highest BCUT2D eigenvalue weighted by molar-refractivity contribution is 5.90. The number of nitrogens with zero attached hydrogens (tertiary/aromatic N) is 2. The van der Waals surface area contributed by atoms with Gasteiger partial charge in [-0.15, -0.1) is 0 Å². The van der Waals surface area contributed by atoms with E-state index in [9.17, 15) is 14.7 Å². The first-order valence-electron chi connectivity index (χ1n) is 8.89. The summed E-state index contributed by atoms with van der Waals surface area (Å²) in [5.41, 5.74) is 2.53. The second-order valence-electron chi connectivity index (χ2n) is 8.17. The summed E-state index contributed by atoms with van der Waals surface area (Å²) in [6, 6.07) is 0.942. The van der Waals surface area contributed by atoms with Gasteiger partial charge in [0.1, 0.15) is 17.7 Å². The number of aromatic nitrogens is 1. The van der Waals surface area contributed by atoms with E-state index in [-0.39, 0.29) is 24.8 Å². The van der Waals surface area contributed by atoms with Crippen LogP contribution in [0.5, 0.6) is 0 Å². The fourth-order valence-corrected chi connectivity index (χ4v) is 3.02. The lowest BCUT2D eigenvalue weighted by molar-refractivity contribution is -0.154. The monoisotopic (exact) mass is 367 g/mol. The maximum absolute atomic E-state index is 13.2. The first-order chi connectivity index (χ1) is 12.0. The molecule has 2 heterocycles. The van der Waals surface area contributed by atoms with Crippen molar-refractivity contribution in [2.75, 3.05) is 6.54 Å². The van der Waals surface area contributed by atoms with E-state index in [1.807, 2.05) is 13.8 Å². The average molecular weight is 367 g/mol. The standard InChI is InChI=1S/C18H29N3O5/c1-10(2)15(14-7-11(3)19-25-14)17(24)21-9-12(22)8-13(21)16(23)20-26-18(4,5)6/h7,10,12-13,15,22H,8-9H2,1-6H3,(H,20,23)/t12-,13+,15?/m1/s1. The van der Waals surface area contributed by atoms with Gasteiger partial charge in [0, 0.05) is 19.0 Å². The van der Waals surface area contributed by atoms with Gasteiger partial charge in [0.2, 0.25) is 5.91 Å². The van der Waals surface area contributed by atoms with Crippen LogP contribution in [0.4, 0.5) is 0 Å². The maximum Gasteiger partial charge on any atom is 0.266 e. The van der Waals surface area contributed by atoms with E-state index >= 15 is 0 Å². The van der Waals surface area contributed by atoms with Crippen molar-refractivity contribution >= 4 is 11.8 Å². The molecule has 26 heavy (non-hydrogen) atoms. The van der Waals surface area contributed by atoms with Crippen LogP contribution in [0.2, 0.25) is 0 Å². The van der Waals surface area contributed by atoms with Crippen molar-refractivity contribution in [2.45, 2.75) is 71.6 Å². The number of aliphatic hydroxyl groups is 1. The summed E-state index contributed by atoms with van der Waals surface area (Å²) in [6.45, 7) is 11.1. The Hall–Kier alpha value is -1.93. The highest BCUT2D eigenvalue weighted by Gasteiger charge is 2.43. The fraction of sp³-hybridized carbons (Fsp3) is 0.722. The van der Waals surface area contributed by atoms with Gasteiger partial charge in [-0.05, 0) is 33.6 Å². The second-order valence-corrected chi connectivity index (χ2v) is 8.17. The van der Waals surface area contributed by atoms with Gasteiger partial charge in [0.05, 0.1) is 17.4 Å². The van der Waals surface area contributed by atoms with E-state index in [2.05, 4.69) is 10.6 Å². The molecule has 3 atom stereocenters. The third kappa shape index (κ3) is 4.82. The Balaban J connectivity index is 2.19. The molecule has 0 saturated carbocycles. The lowest BCUT2D eigenvalue weighted by Crippen LogP contribution is -2.49. The molecule has 1 aliphatic heterocycles. The molecule has 0 aromatic carbocycles. The van der Waals surface area contributed by atoms with Gasteiger partial charge in [-0.1, -0.05) is 19.0 Å². The average Bonchev–Trinajstić information content (AvgIpc) is 3.10. The molecule has 1 aromatic heterocycles. The molecular formula is C18H29N3O5. The lowest BCUT2D eigenvalue weighted by atomic mass is 9.91. The Bertz CT molecular complexity index is 649. The smallest absolute Gasteiger partial charge is 0.266 e. The number of hydrogen-bond donors (Lipinski definition) is 2. The minimum Gasteiger partial charge on any atom is -0.391 e. The molecule has 2 N–H and O–H groups in total. The summed E-state index contributed by atoms with van der Waals surface area (Å²) in [6.07, 6.45) is -0.584. The van der Waals surface area contributed by atoms with Gasteiger partial charge in [0.15, 0.2) is 0 Å². The number of β-amino-alcohol motifs (C(OH)–C–C–N with tert-alkyl or cyclic N) is 1. The highest BCUT2D eigenvalue weighted by Crippen LogP contribution is 2.31. The molecule has 0 spiro atoms. The van der Waals surface area contributed by atoms with Gasteiger partial charge >= 0.3 is 0 Å². The minimum absolute atomic E-state index is 0.0536. The Morgan fingerprint density at radius 3 is 2.58 bits per heavy atom. The molecule has 0 radical (unpaired) electrons. The third-order valence-electron chi connectivity index (χ3n) is 4.21. The Morgan fingerprint density at radius 2 is 2.08 bits per heavy atom. The van der Waals surface area contributed by atoms with Crippen molar-refractivity contribution in [1.29, 1.82) is 0 Å². The molecule has 2 rings (SSSR count). The summed E-state index contributed by atoms with van der Waals surface area (Å²) in [5, 5.41) is 13.9. The lowest BCUT2D eigenvalue weighted by Gasteiger charge is -2.29. The molecule has 1 aromatic rings. The Morgan fingerprint density at radius 1 is 1.42 bits per heavy atom. The topological polar surface area (TPSA) is 105 Å². The highest BCUT2D eigenvalue weighted by atomic mass is 16.7. The van der Waals surface area contributed by atoms with Gasteiger partial charge in [0.25, 0.3) is 5.91 Å². The number of nitrogens with one attached hydrogen (secondary N) is 1. The van der Waals surface area contributed by atoms with Crippen LogP contribution in [0, 0.1) is 12.8 Å². The number of carbonyl (C=O) groups is 2. The predicted octanol–water partition coefficient (Wildman–Crippen LogP) is 1.53. The molecule has 0 aliphatic carbocycles. The summed E-state index contributed by atoms with van der Waals surface area (Å²) in [7, 11) is 0. The fourth-order valence-electron chi connectivity index (χ4n) is 3.02. The molecule has 1 aliphatic rings. The van der Waals surface area contributed by atoms with Crippen molar-refractivity contribution in [3.63, 3.8) is 0 Å². The Labute approximate surface area is 153 Å². The molecule has 8 heteroatoms. The number of hydroxylamine groups is 1. The number of amides is 2. The quantitative estimate of drug-likeness (QED) is 0.765. The largest absolute Gasteiger partial charge is 0.391 e. The summed E-state index contributed by atoms with van der Waals surface area (Å²) < 4.78 is 5.30. The normalized spacial score (nSPS) is 21.9. The van der Waals surface area contributed by atoms with Crippen LogP contribution >= 0.6 is 0 Å². The van der Waals surface area contributed by atoms with Crippen LogP contribution in [-0.4, -0.2) is 51.3 Å². The number of likely N-dealkylation sites (tertiary alicyclic amines) is 1.